The lowest BCUT2D eigenvalue weighted by Gasteiger charge is -2.39. The van der Waals surface area contributed by atoms with Crippen LogP contribution >= 0.6 is 0 Å². The molecule has 4 fully saturated rings. The molecule has 42 heavy (non-hydrogen) atoms. The molecule has 0 aromatic rings. The molecule has 4 atom stereocenters. The third-order valence-electron chi connectivity index (χ3n) is 14.5. The minimum absolute atomic E-state index is 0.987. The molecule has 4 saturated carbocycles. The van der Waals surface area contributed by atoms with Crippen molar-refractivity contribution in [2.45, 2.75) is 194 Å². The van der Waals surface area contributed by atoms with Gasteiger partial charge in [0.2, 0.25) is 0 Å². The van der Waals surface area contributed by atoms with Crippen LogP contribution in [0.5, 0.6) is 0 Å². The summed E-state index contributed by atoms with van der Waals surface area (Å²) in [5.41, 5.74) is 0. The maximum atomic E-state index is 2.57. The van der Waals surface area contributed by atoms with Gasteiger partial charge in [-0.05, 0) is 162 Å². The van der Waals surface area contributed by atoms with Gasteiger partial charge in [0.05, 0.1) is 0 Å². The minimum atomic E-state index is 0.987. The van der Waals surface area contributed by atoms with E-state index in [1.165, 1.54) is 57.8 Å². The van der Waals surface area contributed by atoms with Crippen molar-refractivity contribution in [2.75, 3.05) is 0 Å². The zero-order valence-corrected chi connectivity index (χ0v) is 28.7. The summed E-state index contributed by atoms with van der Waals surface area (Å²) in [5.74, 6) is 10.7. The van der Waals surface area contributed by atoms with Crippen molar-refractivity contribution in [3.05, 3.63) is 12.2 Å². The number of hydrogen-bond acceptors (Lipinski definition) is 0. The van der Waals surface area contributed by atoms with Crippen molar-refractivity contribution in [3.8, 4) is 0 Å². The van der Waals surface area contributed by atoms with E-state index in [1.807, 2.05) is 0 Å². The Morgan fingerprint density at radius 3 is 1.57 bits per heavy atom. The third-order valence-corrected chi connectivity index (χ3v) is 14.5. The second-order valence-electron chi connectivity index (χ2n) is 17.1. The predicted molar refractivity (Wildman–Crippen MR) is 185 cm³/mol. The van der Waals surface area contributed by atoms with Crippen LogP contribution in [0.1, 0.15) is 194 Å². The first kappa shape index (κ1) is 33.1. The van der Waals surface area contributed by atoms with Crippen LogP contribution in [-0.4, -0.2) is 0 Å². The van der Waals surface area contributed by atoms with Gasteiger partial charge < -0.3 is 0 Å². The Bertz CT molecular complexity index is 725. The smallest absolute Gasteiger partial charge is 0.0348 e. The molecule has 0 radical (unpaired) electrons. The first-order valence-electron chi connectivity index (χ1n) is 20.3. The van der Waals surface area contributed by atoms with Gasteiger partial charge in [-0.15, -0.1) is 0 Å². The molecule has 0 heterocycles. The van der Waals surface area contributed by atoms with Gasteiger partial charge in [-0.1, -0.05) is 103 Å². The largest absolute Gasteiger partial charge is 0.0885 e. The molecule has 0 aromatic heterocycles. The summed E-state index contributed by atoms with van der Waals surface area (Å²) in [7, 11) is 0. The van der Waals surface area contributed by atoms with E-state index in [-0.39, 0.29) is 0 Å². The quantitative estimate of drug-likeness (QED) is 0.130. The highest BCUT2D eigenvalue weighted by atomic mass is 14.4. The lowest BCUT2D eigenvalue weighted by molar-refractivity contribution is 0.122. The van der Waals surface area contributed by atoms with E-state index in [4.69, 9.17) is 0 Å². The molecule has 0 amide bonds. The average Bonchev–Trinajstić information content (AvgIpc) is 3.26. The Morgan fingerprint density at radius 1 is 0.476 bits per heavy atom. The van der Waals surface area contributed by atoms with Crippen LogP contribution in [0.15, 0.2) is 12.2 Å². The summed E-state index contributed by atoms with van der Waals surface area (Å²) < 4.78 is 0. The number of rotatable bonds is 11. The molecule has 0 nitrogen and oxygen atoms in total. The van der Waals surface area contributed by atoms with Crippen LogP contribution in [0.4, 0.5) is 0 Å². The summed E-state index contributed by atoms with van der Waals surface area (Å²) in [4.78, 5) is 0. The molecule has 4 unspecified atom stereocenters. The highest BCUT2D eigenvalue weighted by Gasteiger charge is 2.34. The fraction of sp³-hybridized carbons (Fsp3) is 0.952. The number of hydrogen-bond donors (Lipinski definition) is 0. The van der Waals surface area contributed by atoms with E-state index in [9.17, 15) is 0 Å². The fourth-order valence-corrected chi connectivity index (χ4v) is 11.5. The Morgan fingerprint density at radius 2 is 0.952 bits per heavy atom. The molecule has 0 N–H and O–H groups in total. The van der Waals surface area contributed by atoms with E-state index in [0.29, 0.717) is 0 Å². The maximum absolute atomic E-state index is 2.57. The Labute approximate surface area is 264 Å². The molecule has 5 aliphatic rings. The Kier molecular flexibility index (Phi) is 14.2. The van der Waals surface area contributed by atoms with Crippen LogP contribution in [-0.2, 0) is 0 Å². The second-order valence-corrected chi connectivity index (χ2v) is 17.1. The van der Waals surface area contributed by atoms with Crippen molar-refractivity contribution in [2.24, 2.45) is 59.2 Å². The average molecular weight is 579 g/mol. The van der Waals surface area contributed by atoms with Gasteiger partial charge >= 0.3 is 0 Å². The zero-order valence-electron chi connectivity index (χ0n) is 28.7. The second kappa shape index (κ2) is 18.0. The molecule has 0 spiro atoms. The van der Waals surface area contributed by atoms with Gasteiger partial charge in [0.25, 0.3) is 0 Å². The Balaban J connectivity index is 0.937. The van der Waals surface area contributed by atoms with Gasteiger partial charge in [0, 0.05) is 0 Å². The van der Waals surface area contributed by atoms with Crippen molar-refractivity contribution in [1.29, 1.82) is 0 Å². The van der Waals surface area contributed by atoms with Crippen LogP contribution in [0, 0.1) is 59.2 Å². The summed E-state index contributed by atoms with van der Waals surface area (Å²) in [6.45, 7) is 4.92. The summed E-state index contributed by atoms with van der Waals surface area (Å²) >= 11 is 0. The number of unbranched alkanes of at least 4 members (excludes halogenated alkanes) is 2. The fourth-order valence-electron chi connectivity index (χ4n) is 11.5. The SMILES string of the molecule is CCCCCC(C)C1CCC(C2CCC(CCC3CCCC(C4CCC(C5CCC=CCCC5)CC4)CC3)CC2)CC1. The van der Waals surface area contributed by atoms with Gasteiger partial charge in [0.15, 0.2) is 0 Å². The van der Waals surface area contributed by atoms with Crippen molar-refractivity contribution >= 4 is 0 Å². The molecule has 0 aromatic carbocycles. The van der Waals surface area contributed by atoms with Gasteiger partial charge in [-0.25, -0.2) is 0 Å². The van der Waals surface area contributed by atoms with Crippen LogP contribution in [0.2, 0.25) is 0 Å². The van der Waals surface area contributed by atoms with Crippen molar-refractivity contribution in [1.82, 2.24) is 0 Å². The molecule has 0 aliphatic heterocycles. The predicted octanol–water partition coefficient (Wildman–Crippen LogP) is 13.7. The maximum Gasteiger partial charge on any atom is -0.0348 e. The van der Waals surface area contributed by atoms with Crippen molar-refractivity contribution < 1.29 is 0 Å². The lowest BCUT2D eigenvalue weighted by atomic mass is 9.66. The number of allylic oxidation sites excluding steroid dienone is 2. The van der Waals surface area contributed by atoms with E-state index in [1.54, 1.807) is 122 Å². The third kappa shape index (κ3) is 10.1. The summed E-state index contributed by atoms with van der Waals surface area (Å²) in [6.07, 6.45) is 47.8. The normalized spacial score (nSPS) is 39.6. The van der Waals surface area contributed by atoms with Gasteiger partial charge in [-0.2, -0.15) is 0 Å². The molecule has 0 heteroatoms. The topological polar surface area (TPSA) is 0 Å². The van der Waals surface area contributed by atoms with Crippen LogP contribution < -0.4 is 0 Å². The molecule has 5 aliphatic carbocycles. The molecule has 0 saturated heterocycles. The molecule has 242 valence electrons. The monoisotopic (exact) mass is 579 g/mol. The van der Waals surface area contributed by atoms with E-state index >= 15 is 0 Å². The van der Waals surface area contributed by atoms with E-state index < -0.39 is 0 Å². The molecular weight excluding hydrogens is 504 g/mol. The van der Waals surface area contributed by atoms with Crippen LogP contribution in [0.3, 0.4) is 0 Å². The Hall–Kier alpha value is -0.260. The standard InChI is InChI=1S/C42H74/c1-3-4-8-12-33(2)36-25-27-42(28-26-36)39-23-20-35(21-24-39)18-17-34-13-11-16-38(22-19-34)41-31-29-40(30-32-41)37-14-9-6-5-7-10-15-37/h5-6,33-42H,3-4,7-32H2,1-2H3. The van der Waals surface area contributed by atoms with E-state index in [0.717, 1.165) is 59.2 Å². The van der Waals surface area contributed by atoms with Crippen LogP contribution in [0.25, 0.3) is 0 Å². The summed E-state index contributed by atoms with van der Waals surface area (Å²) in [5, 5.41) is 0. The zero-order chi connectivity index (χ0) is 29.0. The van der Waals surface area contributed by atoms with Gasteiger partial charge in [0.1, 0.15) is 0 Å². The molecular formula is C42H74. The lowest BCUT2D eigenvalue weighted by Crippen LogP contribution is -2.27. The molecule has 0 bridgehead atoms. The first-order valence-corrected chi connectivity index (χ1v) is 20.3. The van der Waals surface area contributed by atoms with Gasteiger partial charge in [-0.3, -0.25) is 0 Å². The van der Waals surface area contributed by atoms with Crippen molar-refractivity contribution in [3.63, 3.8) is 0 Å². The summed E-state index contributed by atoms with van der Waals surface area (Å²) in [6, 6.07) is 0. The first-order chi connectivity index (χ1) is 20.7. The molecule has 5 rings (SSSR count). The minimum Gasteiger partial charge on any atom is -0.0885 e. The van der Waals surface area contributed by atoms with E-state index in [2.05, 4.69) is 26.0 Å². The highest BCUT2D eigenvalue weighted by molar-refractivity contribution is 4.89. The highest BCUT2D eigenvalue weighted by Crippen LogP contribution is 2.46.